The van der Waals surface area contributed by atoms with Crippen LogP contribution in [0.3, 0.4) is 0 Å². The second kappa shape index (κ2) is 4.03. The monoisotopic (exact) mass is 235 g/mol. The standard InChI is InChI=1S/C8H13NO5S/c9-4-2-6-1-3-8(11,7(10)5-6)15(12,13)14/h1,3,5,7,10-11H,2,4,9H2,(H,12,13,14). The Bertz CT molecular complexity index is 399. The predicted molar refractivity (Wildman–Crippen MR) is 53.4 cm³/mol. The van der Waals surface area contributed by atoms with Crippen LogP contribution in [-0.4, -0.2) is 40.8 Å². The zero-order chi connectivity index (χ0) is 11.7. The summed E-state index contributed by atoms with van der Waals surface area (Å²) in [7, 11) is -4.77. The maximum atomic E-state index is 10.8. The minimum Gasteiger partial charge on any atom is -0.384 e. The maximum Gasteiger partial charge on any atom is 0.301 e. The van der Waals surface area contributed by atoms with Gasteiger partial charge in [-0.05, 0) is 30.7 Å². The first kappa shape index (κ1) is 12.3. The SMILES string of the molecule is NCCC1=CC(O)C(O)(S(=O)(=O)O)C=C1. The van der Waals surface area contributed by atoms with Crippen LogP contribution in [0.25, 0.3) is 0 Å². The number of hydrogen-bond donors (Lipinski definition) is 4. The number of hydrogen-bond acceptors (Lipinski definition) is 5. The van der Waals surface area contributed by atoms with Crippen molar-refractivity contribution in [3.8, 4) is 0 Å². The van der Waals surface area contributed by atoms with Gasteiger partial charge in [0, 0.05) is 0 Å². The molecule has 2 atom stereocenters. The number of nitrogens with two attached hydrogens (primary N) is 1. The van der Waals surface area contributed by atoms with E-state index >= 15 is 0 Å². The van der Waals surface area contributed by atoms with Crippen LogP contribution in [0.1, 0.15) is 6.42 Å². The van der Waals surface area contributed by atoms with Gasteiger partial charge in [-0.3, -0.25) is 4.55 Å². The highest BCUT2D eigenvalue weighted by Gasteiger charge is 2.46. The third-order valence-corrected chi connectivity index (χ3v) is 3.38. The van der Waals surface area contributed by atoms with Crippen molar-refractivity contribution in [3.63, 3.8) is 0 Å². The molecule has 0 aromatic heterocycles. The molecule has 1 aliphatic rings. The van der Waals surface area contributed by atoms with Gasteiger partial charge in [-0.1, -0.05) is 6.08 Å². The summed E-state index contributed by atoms with van der Waals surface area (Å²) < 4.78 is 30.4. The van der Waals surface area contributed by atoms with Crippen LogP contribution in [0, 0.1) is 0 Å². The highest BCUT2D eigenvalue weighted by Crippen LogP contribution is 2.27. The number of rotatable bonds is 3. The van der Waals surface area contributed by atoms with E-state index < -0.39 is 21.2 Å². The van der Waals surface area contributed by atoms with Crippen LogP contribution in [0.15, 0.2) is 23.8 Å². The van der Waals surface area contributed by atoms with Crippen LogP contribution < -0.4 is 5.73 Å². The van der Waals surface area contributed by atoms with Crippen molar-refractivity contribution >= 4 is 10.1 Å². The Morgan fingerprint density at radius 2 is 2.13 bits per heavy atom. The highest BCUT2D eigenvalue weighted by atomic mass is 32.2. The summed E-state index contributed by atoms with van der Waals surface area (Å²) in [5.41, 5.74) is 5.88. The maximum absolute atomic E-state index is 10.8. The van der Waals surface area contributed by atoms with Gasteiger partial charge in [0.25, 0.3) is 0 Å². The largest absolute Gasteiger partial charge is 0.384 e. The molecule has 2 unspecified atom stereocenters. The van der Waals surface area contributed by atoms with Crippen molar-refractivity contribution in [2.75, 3.05) is 6.54 Å². The second-order valence-electron chi connectivity index (χ2n) is 3.29. The molecule has 0 radical (unpaired) electrons. The first-order chi connectivity index (χ1) is 6.81. The molecule has 86 valence electrons. The van der Waals surface area contributed by atoms with Gasteiger partial charge >= 0.3 is 10.1 Å². The third kappa shape index (κ3) is 2.27. The lowest BCUT2D eigenvalue weighted by molar-refractivity contribution is 0.0390. The molecule has 0 fully saturated rings. The molecule has 0 spiro atoms. The molecule has 0 saturated heterocycles. The lowest BCUT2D eigenvalue weighted by Gasteiger charge is -2.28. The summed E-state index contributed by atoms with van der Waals surface area (Å²) in [4.78, 5) is -2.66. The van der Waals surface area contributed by atoms with E-state index in [4.69, 9.17) is 10.3 Å². The van der Waals surface area contributed by atoms with Crippen molar-refractivity contribution in [1.82, 2.24) is 0 Å². The lowest BCUT2D eigenvalue weighted by atomic mass is 10.00. The zero-order valence-corrected chi connectivity index (χ0v) is 8.68. The number of aliphatic hydroxyl groups excluding tert-OH is 1. The van der Waals surface area contributed by atoms with E-state index in [9.17, 15) is 18.6 Å². The summed E-state index contributed by atoms with van der Waals surface area (Å²) in [6, 6.07) is 0. The average molecular weight is 235 g/mol. The Labute approximate surface area is 87.5 Å². The minimum atomic E-state index is -4.77. The summed E-state index contributed by atoms with van der Waals surface area (Å²) >= 11 is 0. The van der Waals surface area contributed by atoms with Gasteiger partial charge in [0.2, 0.25) is 4.93 Å². The van der Waals surface area contributed by atoms with E-state index in [1.54, 1.807) is 0 Å². The van der Waals surface area contributed by atoms with E-state index in [0.717, 1.165) is 12.2 Å². The normalized spacial score (nSPS) is 31.5. The topological polar surface area (TPSA) is 121 Å². The molecule has 0 heterocycles. The van der Waals surface area contributed by atoms with E-state index in [1.807, 2.05) is 0 Å². The molecule has 0 bridgehead atoms. The lowest BCUT2D eigenvalue weighted by Crippen LogP contribution is -2.47. The molecule has 5 N–H and O–H groups in total. The highest BCUT2D eigenvalue weighted by molar-refractivity contribution is 7.87. The molecule has 0 aliphatic heterocycles. The average Bonchev–Trinajstić information content (AvgIpc) is 2.10. The molecule has 7 heteroatoms. The smallest absolute Gasteiger partial charge is 0.301 e. The van der Waals surface area contributed by atoms with Gasteiger partial charge in [0.15, 0.2) is 0 Å². The van der Waals surface area contributed by atoms with E-state index in [0.29, 0.717) is 18.5 Å². The fraction of sp³-hybridized carbons (Fsp3) is 0.500. The molecular formula is C8H13NO5S. The number of allylic oxidation sites excluding steroid dienone is 1. The predicted octanol–water partition coefficient (Wildman–Crippen LogP) is -1.23. The van der Waals surface area contributed by atoms with Crippen LogP contribution in [0.4, 0.5) is 0 Å². The molecule has 0 aromatic rings. The Kier molecular flexibility index (Phi) is 3.31. The van der Waals surface area contributed by atoms with Gasteiger partial charge in [-0.15, -0.1) is 0 Å². The van der Waals surface area contributed by atoms with Crippen molar-refractivity contribution in [3.05, 3.63) is 23.8 Å². The third-order valence-electron chi connectivity index (χ3n) is 2.18. The van der Waals surface area contributed by atoms with E-state index in [-0.39, 0.29) is 0 Å². The van der Waals surface area contributed by atoms with Gasteiger partial charge in [-0.25, -0.2) is 0 Å². The van der Waals surface area contributed by atoms with Gasteiger partial charge in [-0.2, -0.15) is 8.42 Å². The Hall–Kier alpha value is -0.730. The summed E-state index contributed by atoms with van der Waals surface area (Å²) in [5.74, 6) is 0. The van der Waals surface area contributed by atoms with Crippen LogP contribution >= 0.6 is 0 Å². The van der Waals surface area contributed by atoms with Crippen molar-refractivity contribution in [1.29, 1.82) is 0 Å². The van der Waals surface area contributed by atoms with Crippen LogP contribution in [-0.2, 0) is 10.1 Å². The minimum absolute atomic E-state index is 0.340. The van der Waals surface area contributed by atoms with E-state index in [2.05, 4.69) is 0 Å². The molecule has 6 nitrogen and oxygen atoms in total. The summed E-state index contributed by atoms with van der Waals surface area (Å²) in [6.07, 6.45) is 2.07. The molecular weight excluding hydrogens is 222 g/mol. The number of aliphatic hydroxyl groups is 2. The molecule has 1 rings (SSSR count). The second-order valence-corrected chi connectivity index (χ2v) is 4.89. The fourth-order valence-electron chi connectivity index (χ4n) is 1.27. The fourth-order valence-corrected chi connectivity index (χ4v) is 1.89. The molecule has 1 aliphatic carbocycles. The van der Waals surface area contributed by atoms with Gasteiger partial charge in [0.1, 0.15) is 6.10 Å². The Morgan fingerprint density at radius 3 is 2.53 bits per heavy atom. The molecule has 0 aromatic carbocycles. The summed E-state index contributed by atoms with van der Waals surface area (Å²) in [5, 5.41) is 18.9. The molecule has 0 amide bonds. The zero-order valence-electron chi connectivity index (χ0n) is 7.87. The van der Waals surface area contributed by atoms with Crippen molar-refractivity contribution in [2.24, 2.45) is 5.73 Å². The quantitative estimate of drug-likeness (QED) is 0.454. The van der Waals surface area contributed by atoms with E-state index in [1.165, 1.54) is 6.08 Å². The van der Waals surface area contributed by atoms with Gasteiger partial charge in [0.05, 0.1) is 0 Å². The van der Waals surface area contributed by atoms with Crippen molar-refractivity contribution in [2.45, 2.75) is 17.5 Å². The first-order valence-electron chi connectivity index (χ1n) is 4.29. The van der Waals surface area contributed by atoms with Crippen molar-refractivity contribution < 1.29 is 23.2 Å². The van der Waals surface area contributed by atoms with Crippen LogP contribution in [0.5, 0.6) is 0 Å². The Balaban J connectivity index is 3.01. The van der Waals surface area contributed by atoms with Gasteiger partial charge < -0.3 is 15.9 Å². The molecule has 15 heavy (non-hydrogen) atoms. The summed E-state index contributed by atoms with van der Waals surface area (Å²) in [6.45, 7) is 0.340. The Morgan fingerprint density at radius 1 is 1.53 bits per heavy atom. The first-order valence-corrected chi connectivity index (χ1v) is 5.73. The van der Waals surface area contributed by atoms with Crippen LogP contribution in [0.2, 0.25) is 0 Å². The molecule has 0 saturated carbocycles.